The third kappa shape index (κ3) is 4.42. The number of nitrogens with zero attached hydrogens (tertiary/aromatic N) is 2. The van der Waals surface area contributed by atoms with Crippen LogP contribution in [0.1, 0.15) is 38.3 Å². The van der Waals surface area contributed by atoms with Crippen LogP contribution in [0, 0.1) is 0 Å². The molecule has 1 aliphatic rings. The minimum atomic E-state index is 0.516. The molecule has 1 fully saturated rings. The molecule has 0 saturated carbocycles. The van der Waals surface area contributed by atoms with E-state index in [9.17, 15) is 0 Å². The molecule has 0 spiro atoms. The quantitative estimate of drug-likeness (QED) is 0.718. The Labute approximate surface area is 110 Å². The Morgan fingerprint density at radius 2 is 2.50 bits per heavy atom. The Kier molecular flexibility index (Phi) is 5.68. The van der Waals surface area contributed by atoms with Crippen molar-refractivity contribution in [2.45, 2.75) is 51.7 Å². The van der Waals surface area contributed by atoms with Gasteiger partial charge in [-0.25, -0.2) is 4.98 Å². The molecule has 1 aromatic heterocycles. The van der Waals surface area contributed by atoms with Gasteiger partial charge in [0.05, 0.1) is 18.1 Å². The first-order valence-corrected chi connectivity index (χ1v) is 7.21. The number of imidazole rings is 1. The van der Waals surface area contributed by atoms with Crippen molar-refractivity contribution in [3.05, 3.63) is 18.2 Å². The summed E-state index contributed by atoms with van der Waals surface area (Å²) in [6, 6.07) is 0. The minimum absolute atomic E-state index is 0.516. The predicted octanol–water partition coefficient (Wildman–Crippen LogP) is 1.99. The molecule has 1 unspecified atom stereocenters. The Bertz CT molecular complexity index is 332. The number of aromatic nitrogens is 2. The number of rotatable bonds is 8. The van der Waals surface area contributed by atoms with Gasteiger partial charge in [-0.3, -0.25) is 0 Å². The van der Waals surface area contributed by atoms with Crippen LogP contribution in [-0.2, 0) is 17.7 Å². The minimum Gasteiger partial charge on any atom is -0.378 e. The maximum absolute atomic E-state index is 5.63. The predicted molar refractivity (Wildman–Crippen MR) is 72.7 cm³/mol. The zero-order valence-electron chi connectivity index (χ0n) is 11.4. The second-order valence-corrected chi connectivity index (χ2v) is 4.98. The fourth-order valence-corrected chi connectivity index (χ4v) is 2.42. The van der Waals surface area contributed by atoms with E-state index in [0.29, 0.717) is 6.10 Å². The number of hydrogen-bond acceptors (Lipinski definition) is 3. The fraction of sp³-hybridized carbons (Fsp3) is 0.786. The highest BCUT2D eigenvalue weighted by atomic mass is 16.5. The van der Waals surface area contributed by atoms with Gasteiger partial charge in [-0.05, 0) is 32.2 Å². The van der Waals surface area contributed by atoms with E-state index < -0.39 is 0 Å². The van der Waals surface area contributed by atoms with Gasteiger partial charge in [0.2, 0.25) is 0 Å². The van der Waals surface area contributed by atoms with Gasteiger partial charge < -0.3 is 14.6 Å². The molecule has 0 aliphatic carbocycles. The molecule has 1 saturated heterocycles. The third-order valence-corrected chi connectivity index (χ3v) is 3.46. The van der Waals surface area contributed by atoms with Gasteiger partial charge in [-0.1, -0.05) is 6.92 Å². The molecule has 4 nitrogen and oxygen atoms in total. The maximum Gasteiger partial charge on any atom is 0.0949 e. The molecule has 2 heterocycles. The van der Waals surface area contributed by atoms with Gasteiger partial charge in [0.15, 0.2) is 0 Å². The maximum atomic E-state index is 5.63. The zero-order chi connectivity index (χ0) is 12.6. The van der Waals surface area contributed by atoms with Crippen molar-refractivity contribution in [2.75, 3.05) is 19.7 Å². The van der Waals surface area contributed by atoms with Gasteiger partial charge in [0.1, 0.15) is 0 Å². The highest BCUT2D eigenvalue weighted by molar-refractivity contribution is 4.97. The SMILES string of the molecule is CCNCCc1cn(CCCC2CCCO2)cn1. The van der Waals surface area contributed by atoms with Crippen molar-refractivity contribution < 1.29 is 4.74 Å². The van der Waals surface area contributed by atoms with Crippen LogP contribution in [0.3, 0.4) is 0 Å². The molecule has 4 heteroatoms. The van der Waals surface area contributed by atoms with Crippen LogP contribution in [0.15, 0.2) is 12.5 Å². The van der Waals surface area contributed by atoms with Crippen LogP contribution in [0.4, 0.5) is 0 Å². The lowest BCUT2D eigenvalue weighted by atomic mass is 10.1. The Morgan fingerprint density at radius 3 is 3.28 bits per heavy atom. The van der Waals surface area contributed by atoms with Gasteiger partial charge in [0, 0.05) is 32.3 Å². The zero-order valence-corrected chi connectivity index (χ0v) is 11.4. The monoisotopic (exact) mass is 251 g/mol. The summed E-state index contributed by atoms with van der Waals surface area (Å²) in [4.78, 5) is 4.43. The molecule has 1 aromatic rings. The van der Waals surface area contributed by atoms with Crippen molar-refractivity contribution in [3.8, 4) is 0 Å². The van der Waals surface area contributed by atoms with Crippen molar-refractivity contribution in [3.63, 3.8) is 0 Å². The second kappa shape index (κ2) is 7.54. The van der Waals surface area contributed by atoms with Crippen molar-refractivity contribution in [1.29, 1.82) is 0 Å². The summed E-state index contributed by atoms with van der Waals surface area (Å²) in [6.45, 7) is 6.20. The summed E-state index contributed by atoms with van der Waals surface area (Å²) >= 11 is 0. The lowest BCUT2D eigenvalue weighted by Gasteiger charge is -2.08. The number of likely N-dealkylation sites (N-methyl/N-ethyl adjacent to an activating group) is 1. The lowest BCUT2D eigenvalue weighted by Crippen LogP contribution is -2.16. The highest BCUT2D eigenvalue weighted by Gasteiger charge is 2.14. The van der Waals surface area contributed by atoms with E-state index in [1.165, 1.54) is 31.4 Å². The lowest BCUT2D eigenvalue weighted by molar-refractivity contribution is 0.101. The first-order valence-electron chi connectivity index (χ1n) is 7.21. The molecule has 1 atom stereocenters. The number of aryl methyl sites for hydroxylation is 1. The van der Waals surface area contributed by atoms with Crippen LogP contribution in [-0.4, -0.2) is 35.4 Å². The molecule has 2 rings (SSSR count). The summed E-state index contributed by atoms with van der Waals surface area (Å²) in [5, 5.41) is 3.32. The number of ether oxygens (including phenoxy) is 1. The molecule has 0 bridgehead atoms. The fourth-order valence-electron chi connectivity index (χ4n) is 2.42. The van der Waals surface area contributed by atoms with Crippen molar-refractivity contribution >= 4 is 0 Å². The van der Waals surface area contributed by atoms with Crippen molar-refractivity contribution in [1.82, 2.24) is 14.9 Å². The smallest absolute Gasteiger partial charge is 0.0949 e. The van der Waals surface area contributed by atoms with Gasteiger partial charge in [-0.15, -0.1) is 0 Å². The highest BCUT2D eigenvalue weighted by Crippen LogP contribution is 2.17. The van der Waals surface area contributed by atoms with E-state index in [1.807, 2.05) is 6.33 Å². The molecular weight excluding hydrogens is 226 g/mol. The molecule has 0 amide bonds. The molecule has 0 radical (unpaired) electrons. The normalized spacial score (nSPS) is 19.5. The molecular formula is C14H25N3O. The molecule has 1 aliphatic heterocycles. The van der Waals surface area contributed by atoms with Gasteiger partial charge in [-0.2, -0.15) is 0 Å². The van der Waals surface area contributed by atoms with Gasteiger partial charge >= 0.3 is 0 Å². The van der Waals surface area contributed by atoms with Crippen molar-refractivity contribution in [2.24, 2.45) is 0 Å². The summed E-state index contributed by atoms with van der Waals surface area (Å²) in [6.07, 6.45) is 10.5. The summed E-state index contributed by atoms with van der Waals surface area (Å²) in [7, 11) is 0. The third-order valence-electron chi connectivity index (χ3n) is 3.46. The first kappa shape index (κ1) is 13.6. The molecule has 0 aromatic carbocycles. The standard InChI is InChI=1S/C14H25N3O/c1-2-15-8-7-13-11-17(12-16-13)9-3-5-14-6-4-10-18-14/h11-12,14-15H,2-10H2,1H3. The average Bonchev–Trinajstić information content (AvgIpc) is 3.01. The molecule has 18 heavy (non-hydrogen) atoms. The van der Waals surface area contributed by atoms with Crippen LogP contribution in [0.2, 0.25) is 0 Å². The Balaban J connectivity index is 1.63. The number of hydrogen-bond donors (Lipinski definition) is 1. The van der Waals surface area contributed by atoms with E-state index >= 15 is 0 Å². The van der Waals surface area contributed by atoms with E-state index in [-0.39, 0.29) is 0 Å². The molecule has 102 valence electrons. The topological polar surface area (TPSA) is 39.1 Å². The van der Waals surface area contributed by atoms with Gasteiger partial charge in [0.25, 0.3) is 0 Å². The second-order valence-electron chi connectivity index (χ2n) is 4.98. The Hall–Kier alpha value is -0.870. The summed E-state index contributed by atoms with van der Waals surface area (Å²) in [5.41, 5.74) is 1.19. The van der Waals surface area contributed by atoms with E-state index in [1.54, 1.807) is 0 Å². The van der Waals surface area contributed by atoms with E-state index in [2.05, 4.69) is 28.0 Å². The largest absolute Gasteiger partial charge is 0.378 e. The Morgan fingerprint density at radius 1 is 1.56 bits per heavy atom. The average molecular weight is 251 g/mol. The summed E-state index contributed by atoms with van der Waals surface area (Å²) < 4.78 is 7.83. The van der Waals surface area contributed by atoms with Crippen LogP contribution in [0.25, 0.3) is 0 Å². The summed E-state index contributed by atoms with van der Waals surface area (Å²) in [5.74, 6) is 0. The van der Waals surface area contributed by atoms with E-state index in [4.69, 9.17) is 4.74 Å². The number of nitrogens with one attached hydrogen (secondary N) is 1. The molecule has 1 N–H and O–H groups in total. The van der Waals surface area contributed by atoms with Crippen LogP contribution < -0.4 is 5.32 Å². The van der Waals surface area contributed by atoms with Crippen LogP contribution in [0.5, 0.6) is 0 Å². The van der Waals surface area contributed by atoms with E-state index in [0.717, 1.165) is 32.7 Å². The first-order chi connectivity index (χ1) is 8.88. The van der Waals surface area contributed by atoms with Crippen LogP contribution >= 0.6 is 0 Å².